The van der Waals surface area contributed by atoms with Crippen LogP contribution in [-0.4, -0.2) is 20.7 Å². The van der Waals surface area contributed by atoms with E-state index in [0.29, 0.717) is 12.2 Å². The van der Waals surface area contributed by atoms with Gasteiger partial charge in [-0.15, -0.1) is 11.3 Å². The first kappa shape index (κ1) is 18.3. The topological polar surface area (TPSA) is 59.8 Å². The molecule has 136 valence electrons. The number of benzene rings is 1. The molecule has 1 atom stereocenters. The van der Waals surface area contributed by atoms with Crippen molar-refractivity contribution in [3.63, 3.8) is 0 Å². The third-order valence-corrected chi connectivity index (χ3v) is 5.18. The van der Waals surface area contributed by atoms with Gasteiger partial charge in [-0.25, -0.2) is 4.98 Å². The van der Waals surface area contributed by atoms with Crippen LogP contribution in [0.1, 0.15) is 47.6 Å². The normalized spacial score (nSPS) is 12.1. The molecular formula is C20H24N4OS. The summed E-state index contributed by atoms with van der Waals surface area (Å²) in [5, 5.41) is 10.6. The van der Waals surface area contributed by atoms with E-state index in [4.69, 9.17) is 0 Å². The predicted molar refractivity (Wildman–Crippen MR) is 106 cm³/mol. The summed E-state index contributed by atoms with van der Waals surface area (Å²) in [5.74, 6) is 0.639. The van der Waals surface area contributed by atoms with Crippen LogP contribution in [0.15, 0.2) is 41.9 Å². The molecule has 6 heteroatoms. The lowest BCUT2D eigenvalue weighted by atomic mass is 10.1. The molecule has 5 nitrogen and oxygen atoms in total. The molecule has 0 fully saturated rings. The number of hydrogen-bond acceptors (Lipinski definition) is 4. The van der Waals surface area contributed by atoms with Crippen molar-refractivity contribution in [3.8, 4) is 0 Å². The van der Waals surface area contributed by atoms with Gasteiger partial charge in [-0.1, -0.05) is 30.3 Å². The third kappa shape index (κ3) is 4.58. The summed E-state index contributed by atoms with van der Waals surface area (Å²) in [4.78, 5) is 16.7. The van der Waals surface area contributed by atoms with Crippen molar-refractivity contribution in [1.29, 1.82) is 0 Å². The Morgan fingerprint density at radius 2 is 2.04 bits per heavy atom. The predicted octanol–water partition coefficient (Wildman–Crippen LogP) is 4.53. The fourth-order valence-corrected chi connectivity index (χ4v) is 3.48. The maximum Gasteiger partial charge on any atom is 0.225 e. The summed E-state index contributed by atoms with van der Waals surface area (Å²) in [5.41, 5.74) is 3.22. The number of amides is 1. The molecule has 0 radical (unpaired) electrons. The zero-order valence-electron chi connectivity index (χ0n) is 15.4. The zero-order chi connectivity index (χ0) is 18.5. The van der Waals surface area contributed by atoms with Gasteiger partial charge in [0.2, 0.25) is 5.91 Å². The maximum atomic E-state index is 12.2. The molecule has 0 saturated carbocycles. The molecule has 2 aromatic heterocycles. The van der Waals surface area contributed by atoms with Crippen molar-refractivity contribution >= 4 is 23.1 Å². The number of hydrogen-bond donors (Lipinski definition) is 1. The van der Waals surface area contributed by atoms with Crippen molar-refractivity contribution in [2.24, 2.45) is 0 Å². The molecular weight excluding hydrogens is 344 g/mol. The van der Waals surface area contributed by atoms with Gasteiger partial charge in [-0.05, 0) is 39.2 Å². The van der Waals surface area contributed by atoms with Crippen LogP contribution in [-0.2, 0) is 11.2 Å². The summed E-state index contributed by atoms with van der Waals surface area (Å²) in [6.07, 6.45) is 4.06. The lowest BCUT2D eigenvalue weighted by Crippen LogP contribution is -2.14. The highest BCUT2D eigenvalue weighted by molar-refractivity contribution is 7.09. The monoisotopic (exact) mass is 368 g/mol. The van der Waals surface area contributed by atoms with Crippen LogP contribution in [0.3, 0.4) is 0 Å². The van der Waals surface area contributed by atoms with Crippen molar-refractivity contribution < 1.29 is 4.79 Å². The van der Waals surface area contributed by atoms with E-state index in [1.807, 2.05) is 42.9 Å². The number of aryl methyl sites for hydroxylation is 3. The van der Waals surface area contributed by atoms with E-state index < -0.39 is 0 Å². The lowest BCUT2D eigenvalue weighted by Gasteiger charge is -2.12. The van der Waals surface area contributed by atoms with E-state index in [2.05, 4.69) is 39.8 Å². The number of aromatic nitrogens is 3. The number of nitrogens with one attached hydrogen (secondary N) is 1. The van der Waals surface area contributed by atoms with E-state index in [1.54, 1.807) is 11.3 Å². The quantitative estimate of drug-likeness (QED) is 0.667. The number of carbonyl (C=O) groups excluding carboxylic acids is 1. The second kappa shape index (κ2) is 8.27. The van der Waals surface area contributed by atoms with Crippen molar-refractivity contribution in [1.82, 2.24) is 14.8 Å². The third-order valence-electron chi connectivity index (χ3n) is 4.35. The number of nitrogens with zero attached hydrogens (tertiary/aromatic N) is 3. The standard InChI is InChI=1S/C20H24N4OS/c1-14-12-24(15(2)17-8-5-4-6-9-17)23-20(14)22-19(25)11-7-10-18-13-26-16(3)21-18/h4-6,8-9,12-13,15H,7,10-11H2,1-3H3,(H,22,23,25)/t15-/m1/s1. The largest absolute Gasteiger partial charge is 0.309 e. The van der Waals surface area contributed by atoms with E-state index >= 15 is 0 Å². The first-order chi connectivity index (χ1) is 12.5. The van der Waals surface area contributed by atoms with Crippen LogP contribution < -0.4 is 5.32 Å². The summed E-state index contributed by atoms with van der Waals surface area (Å²) in [6.45, 7) is 6.06. The average molecular weight is 369 g/mol. The minimum Gasteiger partial charge on any atom is -0.309 e. The Labute approximate surface area is 158 Å². The molecule has 0 saturated heterocycles. The summed E-state index contributed by atoms with van der Waals surface area (Å²) < 4.78 is 1.90. The fourth-order valence-electron chi connectivity index (χ4n) is 2.84. The summed E-state index contributed by atoms with van der Waals surface area (Å²) in [6, 6.07) is 10.3. The van der Waals surface area contributed by atoms with Crippen LogP contribution in [0.2, 0.25) is 0 Å². The lowest BCUT2D eigenvalue weighted by molar-refractivity contribution is -0.116. The molecule has 0 aliphatic carbocycles. The minimum absolute atomic E-state index is 0.00216. The van der Waals surface area contributed by atoms with Crippen molar-refractivity contribution in [2.45, 2.75) is 46.1 Å². The molecule has 1 amide bonds. The Kier molecular flexibility index (Phi) is 5.83. The molecule has 1 N–H and O–H groups in total. The Morgan fingerprint density at radius 1 is 1.27 bits per heavy atom. The van der Waals surface area contributed by atoms with Crippen LogP contribution in [0.25, 0.3) is 0 Å². The Balaban J connectivity index is 1.56. The van der Waals surface area contributed by atoms with Crippen LogP contribution >= 0.6 is 11.3 Å². The number of carbonyl (C=O) groups is 1. The molecule has 3 aromatic rings. The Morgan fingerprint density at radius 3 is 2.73 bits per heavy atom. The van der Waals surface area contributed by atoms with Gasteiger partial charge < -0.3 is 5.32 Å². The fraction of sp³-hybridized carbons (Fsp3) is 0.350. The molecule has 26 heavy (non-hydrogen) atoms. The summed E-state index contributed by atoms with van der Waals surface area (Å²) >= 11 is 1.65. The Hall–Kier alpha value is -2.47. The minimum atomic E-state index is -0.00216. The Bertz CT molecular complexity index is 869. The SMILES string of the molecule is Cc1nc(CCCC(=O)Nc2nn([C@H](C)c3ccccc3)cc2C)cs1. The van der Waals surface area contributed by atoms with E-state index in [9.17, 15) is 4.79 Å². The molecule has 3 rings (SSSR count). The molecule has 1 aromatic carbocycles. The van der Waals surface area contributed by atoms with Gasteiger partial charge in [0, 0.05) is 23.6 Å². The van der Waals surface area contributed by atoms with Crippen molar-refractivity contribution in [2.75, 3.05) is 5.32 Å². The molecule has 2 heterocycles. The van der Waals surface area contributed by atoms with E-state index in [-0.39, 0.29) is 11.9 Å². The highest BCUT2D eigenvalue weighted by Gasteiger charge is 2.14. The van der Waals surface area contributed by atoms with E-state index in [0.717, 1.165) is 29.1 Å². The smallest absolute Gasteiger partial charge is 0.225 e. The summed E-state index contributed by atoms with van der Waals surface area (Å²) in [7, 11) is 0. The van der Waals surface area contributed by atoms with Crippen LogP contribution in [0.5, 0.6) is 0 Å². The number of anilines is 1. The average Bonchev–Trinajstić information content (AvgIpc) is 3.21. The molecule has 0 unspecified atom stereocenters. The van der Waals surface area contributed by atoms with Crippen LogP contribution in [0, 0.1) is 13.8 Å². The first-order valence-electron chi connectivity index (χ1n) is 8.84. The van der Waals surface area contributed by atoms with Gasteiger partial charge in [-0.3, -0.25) is 9.48 Å². The molecule has 0 spiro atoms. The van der Waals surface area contributed by atoms with Crippen LogP contribution in [0.4, 0.5) is 5.82 Å². The van der Waals surface area contributed by atoms with Gasteiger partial charge in [-0.2, -0.15) is 5.10 Å². The maximum absolute atomic E-state index is 12.2. The van der Waals surface area contributed by atoms with Crippen molar-refractivity contribution in [3.05, 3.63) is 63.7 Å². The zero-order valence-corrected chi connectivity index (χ0v) is 16.2. The van der Waals surface area contributed by atoms with E-state index in [1.165, 1.54) is 5.56 Å². The van der Waals surface area contributed by atoms with Gasteiger partial charge in [0.1, 0.15) is 0 Å². The molecule has 0 aliphatic rings. The molecule has 0 aliphatic heterocycles. The highest BCUT2D eigenvalue weighted by atomic mass is 32.1. The molecule has 0 bridgehead atoms. The highest BCUT2D eigenvalue weighted by Crippen LogP contribution is 2.21. The van der Waals surface area contributed by atoms with Gasteiger partial charge >= 0.3 is 0 Å². The number of rotatable bonds is 7. The number of thiazole rings is 1. The first-order valence-corrected chi connectivity index (χ1v) is 9.72. The second-order valence-electron chi connectivity index (χ2n) is 6.49. The van der Waals surface area contributed by atoms with Gasteiger partial charge in [0.05, 0.1) is 16.7 Å². The van der Waals surface area contributed by atoms with Gasteiger partial charge in [0.25, 0.3) is 0 Å². The second-order valence-corrected chi connectivity index (χ2v) is 7.55. The van der Waals surface area contributed by atoms with Gasteiger partial charge in [0.15, 0.2) is 5.82 Å².